The van der Waals surface area contributed by atoms with Gasteiger partial charge in [-0.05, 0) is 49.4 Å². The number of ketones is 1. The molecule has 1 N–H and O–H groups in total. The number of hydrogen-bond donors (Lipinski definition) is 1. The summed E-state index contributed by atoms with van der Waals surface area (Å²) in [4.78, 5) is 30.3. The first kappa shape index (κ1) is 18.3. The summed E-state index contributed by atoms with van der Waals surface area (Å²) in [6, 6.07) is 14.3. The summed E-state index contributed by atoms with van der Waals surface area (Å²) in [6.07, 6.45) is 2.68. The Morgan fingerprint density at radius 3 is 2.59 bits per heavy atom. The molecule has 150 valence electrons. The molecule has 0 bridgehead atoms. The van der Waals surface area contributed by atoms with Crippen LogP contribution in [0.1, 0.15) is 35.7 Å². The molecule has 1 saturated carbocycles. The highest BCUT2D eigenvalue weighted by Crippen LogP contribution is 2.42. The van der Waals surface area contributed by atoms with E-state index in [4.69, 9.17) is 0 Å². The minimum absolute atomic E-state index is 0.0395. The van der Waals surface area contributed by atoms with Crippen molar-refractivity contribution in [2.45, 2.75) is 25.3 Å². The Bertz CT molecular complexity index is 1110. The second-order valence-corrected chi connectivity index (χ2v) is 8.30. The number of aromatic amines is 1. The minimum Gasteiger partial charge on any atom is -0.306 e. The standard InChI is InChI=1S/C23H24FN3O2/c24-19-6-2-1-5-17(19)22(28)18-13-15(18)14-26-11-9-16(10-12-26)27-21-8-4-3-7-20(21)25-23(27)29/h1-8,15-16,18H,9-14H2,(H,25,29). The Kier molecular flexibility index (Phi) is 4.59. The van der Waals surface area contributed by atoms with Crippen LogP contribution >= 0.6 is 0 Å². The number of aromatic nitrogens is 2. The van der Waals surface area contributed by atoms with Crippen LogP contribution in [0.2, 0.25) is 0 Å². The lowest BCUT2D eigenvalue weighted by atomic mass is 10.0. The van der Waals surface area contributed by atoms with Crippen LogP contribution in [0.5, 0.6) is 0 Å². The van der Waals surface area contributed by atoms with Crippen LogP contribution in [0.15, 0.2) is 53.3 Å². The third kappa shape index (κ3) is 3.42. The van der Waals surface area contributed by atoms with Crippen molar-refractivity contribution in [2.75, 3.05) is 19.6 Å². The van der Waals surface area contributed by atoms with Gasteiger partial charge in [0.25, 0.3) is 0 Å². The summed E-state index contributed by atoms with van der Waals surface area (Å²) < 4.78 is 15.8. The summed E-state index contributed by atoms with van der Waals surface area (Å²) >= 11 is 0. The van der Waals surface area contributed by atoms with E-state index in [0.717, 1.165) is 49.9 Å². The fraction of sp³-hybridized carbons (Fsp3) is 0.391. The molecule has 2 unspecified atom stereocenters. The van der Waals surface area contributed by atoms with Crippen molar-refractivity contribution in [2.24, 2.45) is 11.8 Å². The number of hydrogen-bond acceptors (Lipinski definition) is 3. The number of H-pyrrole nitrogens is 1. The first-order chi connectivity index (χ1) is 14.1. The van der Waals surface area contributed by atoms with Gasteiger partial charge in [0.1, 0.15) is 5.82 Å². The highest BCUT2D eigenvalue weighted by molar-refractivity contribution is 5.99. The van der Waals surface area contributed by atoms with E-state index < -0.39 is 5.82 Å². The smallest absolute Gasteiger partial charge is 0.306 e. The van der Waals surface area contributed by atoms with Crippen molar-refractivity contribution >= 4 is 16.8 Å². The molecule has 2 aromatic carbocycles. The zero-order valence-electron chi connectivity index (χ0n) is 16.2. The van der Waals surface area contributed by atoms with Gasteiger partial charge in [-0.25, -0.2) is 9.18 Å². The van der Waals surface area contributed by atoms with Crippen molar-refractivity contribution in [3.8, 4) is 0 Å². The van der Waals surface area contributed by atoms with E-state index in [1.807, 2.05) is 28.8 Å². The molecule has 2 heterocycles. The van der Waals surface area contributed by atoms with Crippen LogP contribution < -0.4 is 5.69 Å². The third-order valence-corrected chi connectivity index (χ3v) is 6.44. The second-order valence-electron chi connectivity index (χ2n) is 8.30. The van der Waals surface area contributed by atoms with Gasteiger partial charge in [0.15, 0.2) is 5.78 Å². The number of piperidine rings is 1. The van der Waals surface area contributed by atoms with Crippen LogP contribution in [0.25, 0.3) is 11.0 Å². The molecule has 1 aliphatic carbocycles. The Balaban J connectivity index is 1.19. The normalized spacial score (nSPS) is 22.8. The van der Waals surface area contributed by atoms with Gasteiger partial charge in [0.05, 0.1) is 16.6 Å². The van der Waals surface area contributed by atoms with Gasteiger partial charge in [0, 0.05) is 31.6 Å². The molecule has 1 aromatic heterocycles. The summed E-state index contributed by atoms with van der Waals surface area (Å²) in [6.45, 7) is 2.70. The van der Waals surface area contributed by atoms with Crippen LogP contribution in [-0.4, -0.2) is 39.9 Å². The van der Waals surface area contributed by atoms with Crippen molar-refractivity contribution in [3.05, 3.63) is 70.4 Å². The largest absolute Gasteiger partial charge is 0.326 e. The van der Waals surface area contributed by atoms with Gasteiger partial charge in [0.2, 0.25) is 0 Å². The fourth-order valence-corrected chi connectivity index (χ4v) is 4.76. The molecule has 2 fully saturated rings. The molecule has 5 nitrogen and oxygen atoms in total. The monoisotopic (exact) mass is 393 g/mol. The first-order valence-corrected chi connectivity index (χ1v) is 10.3. The maximum atomic E-state index is 13.9. The van der Waals surface area contributed by atoms with E-state index in [2.05, 4.69) is 9.88 Å². The highest BCUT2D eigenvalue weighted by atomic mass is 19.1. The van der Waals surface area contributed by atoms with E-state index in [9.17, 15) is 14.0 Å². The number of benzene rings is 2. The molecule has 3 aromatic rings. The average molecular weight is 393 g/mol. The average Bonchev–Trinajstić information content (AvgIpc) is 3.41. The molecule has 29 heavy (non-hydrogen) atoms. The molecule has 6 heteroatoms. The topological polar surface area (TPSA) is 58.1 Å². The maximum Gasteiger partial charge on any atom is 0.326 e. The summed E-state index contributed by atoms with van der Waals surface area (Å²) in [5.74, 6) is -0.225. The van der Waals surface area contributed by atoms with Gasteiger partial charge in [-0.2, -0.15) is 0 Å². The SMILES string of the molecule is O=C(c1ccccc1F)C1CC1CN1CCC(n2c(=O)[nH]c3ccccc32)CC1. The Morgan fingerprint density at radius 1 is 1.07 bits per heavy atom. The number of fused-ring (bicyclic) bond motifs is 1. The Hall–Kier alpha value is -2.73. The van der Waals surface area contributed by atoms with Crippen LogP contribution in [0.3, 0.4) is 0 Å². The number of rotatable bonds is 5. The number of para-hydroxylation sites is 2. The predicted molar refractivity (Wildman–Crippen MR) is 110 cm³/mol. The van der Waals surface area contributed by atoms with Crippen LogP contribution in [-0.2, 0) is 0 Å². The zero-order valence-corrected chi connectivity index (χ0v) is 16.2. The molecule has 0 radical (unpaired) electrons. The number of nitrogens with one attached hydrogen (secondary N) is 1. The van der Waals surface area contributed by atoms with E-state index in [1.54, 1.807) is 18.2 Å². The molecule has 1 saturated heterocycles. The Labute approximate surface area is 168 Å². The molecule has 1 aliphatic heterocycles. The molecule has 2 aliphatic rings. The minimum atomic E-state index is -0.423. The van der Waals surface area contributed by atoms with E-state index >= 15 is 0 Å². The van der Waals surface area contributed by atoms with E-state index in [1.165, 1.54) is 6.07 Å². The van der Waals surface area contributed by atoms with Gasteiger partial charge in [-0.15, -0.1) is 0 Å². The summed E-state index contributed by atoms with van der Waals surface area (Å²) in [5.41, 5.74) is 2.03. The van der Waals surface area contributed by atoms with Gasteiger partial charge >= 0.3 is 5.69 Å². The lowest BCUT2D eigenvalue weighted by Gasteiger charge is -2.32. The maximum absolute atomic E-state index is 13.9. The molecule has 5 rings (SSSR count). The number of likely N-dealkylation sites (tertiary alicyclic amines) is 1. The predicted octanol–water partition coefficient (Wildman–Crippen LogP) is 3.62. The van der Waals surface area contributed by atoms with Crippen molar-refractivity contribution in [3.63, 3.8) is 0 Å². The van der Waals surface area contributed by atoms with Crippen molar-refractivity contribution in [1.29, 1.82) is 0 Å². The molecular formula is C23H24FN3O2. The highest BCUT2D eigenvalue weighted by Gasteiger charge is 2.44. The first-order valence-electron chi connectivity index (χ1n) is 10.3. The number of carbonyl (C=O) groups excluding carboxylic acids is 1. The lowest BCUT2D eigenvalue weighted by molar-refractivity contribution is 0.0949. The van der Waals surface area contributed by atoms with Crippen LogP contribution in [0.4, 0.5) is 4.39 Å². The second kappa shape index (κ2) is 7.26. The number of imidazole rings is 1. The quantitative estimate of drug-likeness (QED) is 0.674. The van der Waals surface area contributed by atoms with Crippen molar-refractivity contribution in [1.82, 2.24) is 14.5 Å². The van der Waals surface area contributed by atoms with Crippen LogP contribution in [0, 0.1) is 17.7 Å². The lowest BCUT2D eigenvalue weighted by Crippen LogP contribution is -2.38. The van der Waals surface area contributed by atoms with Gasteiger partial charge in [-0.3, -0.25) is 9.36 Å². The molecular weight excluding hydrogens is 369 g/mol. The number of nitrogens with zero attached hydrogens (tertiary/aromatic N) is 2. The third-order valence-electron chi connectivity index (χ3n) is 6.44. The van der Waals surface area contributed by atoms with E-state index in [-0.39, 0.29) is 29.0 Å². The molecule has 0 amide bonds. The summed E-state index contributed by atoms with van der Waals surface area (Å²) in [7, 11) is 0. The number of halogens is 1. The molecule has 2 atom stereocenters. The van der Waals surface area contributed by atoms with Crippen molar-refractivity contribution < 1.29 is 9.18 Å². The zero-order chi connectivity index (χ0) is 20.0. The van der Waals surface area contributed by atoms with Gasteiger partial charge in [-0.1, -0.05) is 24.3 Å². The number of Topliss-reactive ketones (excluding diaryl/α,β-unsaturated/α-hetero) is 1. The summed E-state index contributed by atoms with van der Waals surface area (Å²) in [5, 5.41) is 0. The number of carbonyl (C=O) groups is 1. The Morgan fingerprint density at radius 2 is 1.79 bits per heavy atom. The van der Waals surface area contributed by atoms with E-state index in [0.29, 0.717) is 5.92 Å². The van der Waals surface area contributed by atoms with Gasteiger partial charge < -0.3 is 9.88 Å². The fourth-order valence-electron chi connectivity index (χ4n) is 4.76. The molecule has 0 spiro atoms.